The van der Waals surface area contributed by atoms with E-state index in [1.54, 1.807) is 38.5 Å². The van der Waals surface area contributed by atoms with Crippen molar-refractivity contribution in [3.63, 3.8) is 0 Å². The topological polar surface area (TPSA) is 0 Å². The van der Waals surface area contributed by atoms with Crippen LogP contribution in [0.3, 0.4) is 0 Å². The SMILES string of the molecule is C1CC2C3CCC(C3)C2C1.CC.CC.CC.CC(C)(C(F)(F)F)C(F)(F)F.CC(C)(C)C.CC(C)(C)c1cccc(C(C)(C)C)c1.CC(C)C. The molecule has 0 radical (unpaired) electrons. The molecule has 4 unspecified atom stereocenters. The lowest BCUT2D eigenvalue weighted by atomic mass is 9.81. The van der Waals surface area contributed by atoms with Gasteiger partial charge in [0.15, 0.2) is 5.41 Å². The van der Waals surface area contributed by atoms with Crippen molar-refractivity contribution in [2.45, 2.75) is 207 Å². The molecular weight excluding hydrogens is 642 g/mol. The Morgan fingerprint density at radius 2 is 0.780 bits per heavy atom. The molecule has 1 aromatic carbocycles. The fourth-order valence-electron chi connectivity index (χ4n) is 5.63. The first-order chi connectivity index (χ1) is 22.4. The van der Waals surface area contributed by atoms with Gasteiger partial charge in [-0.15, -0.1) is 0 Å². The predicted molar refractivity (Wildman–Crippen MR) is 211 cm³/mol. The number of alkyl halides is 6. The molecule has 3 aliphatic rings. The van der Waals surface area contributed by atoms with Crippen LogP contribution in [-0.4, -0.2) is 12.4 Å². The molecule has 0 amide bonds. The second-order valence-corrected chi connectivity index (χ2v) is 18.0. The van der Waals surface area contributed by atoms with E-state index in [1.165, 1.54) is 34.8 Å². The summed E-state index contributed by atoms with van der Waals surface area (Å²) in [5.41, 5.74) is 0.220. The minimum absolute atomic E-state index is 0.104. The molecule has 4 rings (SSSR count). The smallest absolute Gasteiger partial charge is 0.170 e. The number of halogens is 6. The number of hydrogen-bond acceptors (Lipinski definition) is 0. The van der Waals surface area contributed by atoms with Gasteiger partial charge in [-0.3, -0.25) is 0 Å². The maximum absolute atomic E-state index is 11.6. The molecule has 3 saturated carbocycles. The lowest BCUT2D eigenvalue weighted by Gasteiger charge is -2.29. The van der Waals surface area contributed by atoms with Gasteiger partial charge in [-0.25, -0.2) is 0 Å². The molecular formula is C44H84F6. The summed E-state index contributed by atoms with van der Waals surface area (Å²) >= 11 is 0. The summed E-state index contributed by atoms with van der Waals surface area (Å²) in [5.74, 6) is 5.63. The van der Waals surface area contributed by atoms with Crippen LogP contribution in [0.5, 0.6) is 0 Å². The lowest BCUT2D eigenvalue weighted by Crippen LogP contribution is -2.44. The maximum Gasteiger partial charge on any atom is 0.402 e. The second-order valence-electron chi connectivity index (χ2n) is 18.0. The minimum Gasteiger partial charge on any atom is -0.170 e. The van der Waals surface area contributed by atoms with E-state index in [0.717, 1.165) is 5.92 Å². The van der Waals surface area contributed by atoms with Crippen molar-refractivity contribution in [2.75, 3.05) is 0 Å². The molecule has 0 saturated heterocycles. The van der Waals surface area contributed by atoms with Crippen LogP contribution in [0.1, 0.15) is 195 Å². The number of hydrogen-bond donors (Lipinski definition) is 0. The highest BCUT2D eigenvalue weighted by Crippen LogP contribution is 2.58. The summed E-state index contributed by atoms with van der Waals surface area (Å²) in [6.07, 6.45) is -0.955. The van der Waals surface area contributed by atoms with E-state index < -0.39 is 17.8 Å². The van der Waals surface area contributed by atoms with Gasteiger partial charge in [-0.1, -0.05) is 162 Å². The number of benzene rings is 1. The Bertz CT molecular complexity index is 879. The molecule has 0 nitrogen and oxygen atoms in total. The second kappa shape index (κ2) is 24.2. The fraction of sp³-hybridized carbons (Fsp3) is 0.864. The van der Waals surface area contributed by atoms with E-state index in [-0.39, 0.29) is 24.7 Å². The van der Waals surface area contributed by atoms with Gasteiger partial charge in [-0.05, 0) is 103 Å². The standard InChI is InChI=1S/C14H22.C10H16.C5H6F6.C5H12.C4H10.3C2H6/c1-13(2,3)11-8-7-9-12(10-11)14(4,5)6;1-2-9-7-4-5-8(6-7)10(9)3-1;1-3(2,4(6,7)8)5(9,10)11;1-5(2,3)4;1-4(2)3;3*1-2/h7-10H,1-6H3;7-10H,1-6H2;1-2H3;1-4H3;4H,1-3H3;3*1-2H3. The Morgan fingerprint density at radius 1 is 0.520 bits per heavy atom. The van der Waals surface area contributed by atoms with Crippen molar-refractivity contribution in [3.8, 4) is 0 Å². The zero-order valence-corrected chi connectivity index (χ0v) is 36.7. The monoisotopic (exact) mass is 727 g/mol. The van der Waals surface area contributed by atoms with E-state index >= 15 is 0 Å². The highest BCUT2D eigenvalue weighted by molar-refractivity contribution is 5.32. The van der Waals surface area contributed by atoms with E-state index in [4.69, 9.17) is 0 Å². The van der Waals surface area contributed by atoms with E-state index in [1.807, 2.05) is 41.5 Å². The summed E-state index contributed by atoms with van der Waals surface area (Å²) in [7, 11) is 0. The molecule has 0 N–H and O–H groups in total. The zero-order valence-electron chi connectivity index (χ0n) is 36.7. The van der Waals surface area contributed by atoms with Crippen molar-refractivity contribution < 1.29 is 26.3 Å². The van der Waals surface area contributed by atoms with Crippen LogP contribution in [-0.2, 0) is 10.8 Å². The molecule has 0 spiro atoms. The Labute approximate surface area is 308 Å². The molecule has 4 atom stereocenters. The maximum atomic E-state index is 11.6. The Kier molecular flexibility index (Phi) is 26.9. The van der Waals surface area contributed by atoms with E-state index in [2.05, 4.69) is 114 Å². The molecule has 3 aliphatic carbocycles. The van der Waals surface area contributed by atoms with Crippen LogP contribution >= 0.6 is 0 Å². The summed E-state index contributed by atoms with van der Waals surface area (Å²) < 4.78 is 69.7. The van der Waals surface area contributed by atoms with Crippen molar-refractivity contribution in [1.29, 1.82) is 0 Å². The van der Waals surface area contributed by atoms with Gasteiger partial charge in [0, 0.05) is 0 Å². The molecule has 1 aromatic rings. The van der Waals surface area contributed by atoms with Crippen LogP contribution in [0.4, 0.5) is 26.3 Å². The summed E-state index contributed by atoms with van der Waals surface area (Å²) in [4.78, 5) is 0. The van der Waals surface area contributed by atoms with Crippen LogP contribution in [0.2, 0.25) is 0 Å². The number of rotatable bonds is 0. The van der Waals surface area contributed by atoms with Gasteiger partial charge >= 0.3 is 12.4 Å². The first kappa shape index (κ1) is 55.6. The van der Waals surface area contributed by atoms with Gasteiger partial charge in [0.05, 0.1) is 0 Å². The first-order valence-corrected chi connectivity index (χ1v) is 19.6. The third-order valence-electron chi connectivity index (χ3n) is 8.36. The molecule has 0 aliphatic heterocycles. The summed E-state index contributed by atoms with van der Waals surface area (Å²) in [6.45, 7) is 41.0. The number of fused-ring (bicyclic) bond motifs is 5. The minimum atomic E-state index is -5.24. The average molecular weight is 727 g/mol. The highest BCUT2D eigenvalue weighted by atomic mass is 19.4. The van der Waals surface area contributed by atoms with Crippen LogP contribution in [0.25, 0.3) is 0 Å². The normalized spacial score (nSPS) is 20.8. The Morgan fingerprint density at radius 3 is 0.980 bits per heavy atom. The summed E-state index contributed by atoms with van der Waals surface area (Å²) in [6, 6.07) is 8.94. The quantitative estimate of drug-likeness (QED) is 0.234. The van der Waals surface area contributed by atoms with E-state index in [0.29, 0.717) is 5.41 Å². The molecule has 302 valence electrons. The molecule has 3 fully saturated rings. The van der Waals surface area contributed by atoms with E-state index in [9.17, 15) is 26.3 Å². The molecule has 0 heterocycles. The van der Waals surface area contributed by atoms with Crippen molar-refractivity contribution in [1.82, 2.24) is 0 Å². The van der Waals surface area contributed by atoms with Crippen molar-refractivity contribution in [2.24, 2.45) is 40.4 Å². The molecule has 50 heavy (non-hydrogen) atoms. The average Bonchev–Trinajstić information content (AvgIpc) is 3.70. The van der Waals surface area contributed by atoms with Gasteiger partial charge < -0.3 is 0 Å². The van der Waals surface area contributed by atoms with Crippen molar-refractivity contribution in [3.05, 3.63) is 35.4 Å². The van der Waals surface area contributed by atoms with Crippen LogP contribution in [0, 0.1) is 40.4 Å². The molecule has 0 aromatic heterocycles. The van der Waals surface area contributed by atoms with Gasteiger partial charge in [-0.2, -0.15) is 26.3 Å². The van der Waals surface area contributed by atoms with Crippen LogP contribution < -0.4 is 0 Å². The third kappa shape index (κ3) is 22.7. The predicted octanol–water partition coefficient (Wildman–Crippen LogP) is 17.0. The third-order valence-corrected chi connectivity index (χ3v) is 8.36. The first-order valence-electron chi connectivity index (χ1n) is 19.6. The molecule has 2 bridgehead atoms. The lowest BCUT2D eigenvalue weighted by molar-refractivity contribution is -0.327. The Hall–Kier alpha value is -1.20. The van der Waals surface area contributed by atoms with Crippen LogP contribution in [0.15, 0.2) is 24.3 Å². The Balaban J connectivity index is -0.000000267. The summed E-state index contributed by atoms with van der Waals surface area (Å²) in [5, 5.41) is 0. The van der Waals surface area contributed by atoms with Gasteiger partial charge in [0.1, 0.15) is 0 Å². The van der Waals surface area contributed by atoms with Gasteiger partial charge in [0.25, 0.3) is 0 Å². The fourth-order valence-corrected chi connectivity index (χ4v) is 5.63. The largest absolute Gasteiger partial charge is 0.402 e. The highest BCUT2D eigenvalue weighted by Gasteiger charge is 2.64. The van der Waals surface area contributed by atoms with Crippen molar-refractivity contribution >= 4 is 0 Å². The van der Waals surface area contributed by atoms with Gasteiger partial charge in [0.2, 0.25) is 0 Å². The zero-order chi connectivity index (χ0) is 41.1. The molecule has 6 heteroatoms.